The van der Waals surface area contributed by atoms with Crippen molar-refractivity contribution >= 4 is 15.9 Å². The van der Waals surface area contributed by atoms with Crippen molar-refractivity contribution in [2.45, 2.75) is 30.3 Å². The van der Waals surface area contributed by atoms with Crippen molar-refractivity contribution in [3.63, 3.8) is 0 Å². The third-order valence-electron chi connectivity index (χ3n) is 5.92. The topological polar surface area (TPSA) is 91.0 Å². The molecule has 0 bridgehead atoms. The SMILES string of the molecule is COc1ccccc1C1CC(C(=O)N2CCN(S(=O)(=O)c3ccc(C)cc3)CC2)NN1. The lowest BCUT2D eigenvalue weighted by molar-refractivity contribution is -0.134. The normalized spacial score (nSPS) is 22.5. The molecule has 0 aliphatic carbocycles. The Hall–Kier alpha value is -2.46. The van der Waals surface area contributed by atoms with Crippen LogP contribution in [0.1, 0.15) is 23.6 Å². The molecule has 9 heteroatoms. The van der Waals surface area contributed by atoms with Gasteiger partial charge in [0.2, 0.25) is 15.9 Å². The van der Waals surface area contributed by atoms with E-state index in [9.17, 15) is 13.2 Å². The number of amides is 1. The third kappa shape index (κ3) is 4.45. The van der Waals surface area contributed by atoms with Crippen LogP contribution in [0.25, 0.3) is 0 Å². The van der Waals surface area contributed by atoms with Crippen molar-refractivity contribution in [2.24, 2.45) is 0 Å². The number of methoxy groups -OCH3 is 1. The first kappa shape index (κ1) is 21.8. The van der Waals surface area contributed by atoms with E-state index in [4.69, 9.17) is 4.74 Å². The summed E-state index contributed by atoms with van der Waals surface area (Å²) in [6, 6.07) is 14.2. The highest BCUT2D eigenvalue weighted by molar-refractivity contribution is 7.89. The fraction of sp³-hybridized carbons (Fsp3) is 0.409. The number of hydrazine groups is 1. The van der Waals surface area contributed by atoms with Gasteiger partial charge in [-0.15, -0.1) is 0 Å². The number of sulfonamides is 1. The van der Waals surface area contributed by atoms with Crippen molar-refractivity contribution in [3.8, 4) is 5.75 Å². The molecule has 166 valence electrons. The molecule has 2 atom stereocenters. The van der Waals surface area contributed by atoms with Gasteiger partial charge in [-0.3, -0.25) is 4.79 Å². The van der Waals surface area contributed by atoms with Crippen LogP contribution >= 0.6 is 0 Å². The third-order valence-corrected chi connectivity index (χ3v) is 7.84. The molecule has 2 aliphatic heterocycles. The Balaban J connectivity index is 1.36. The van der Waals surface area contributed by atoms with Gasteiger partial charge in [0.25, 0.3) is 0 Å². The van der Waals surface area contributed by atoms with Crippen molar-refractivity contribution in [1.82, 2.24) is 20.1 Å². The van der Waals surface area contributed by atoms with E-state index >= 15 is 0 Å². The summed E-state index contributed by atoms with van der Waals surface area (Å²) in [6.07, 6.45) is 0.598. The Labute approximate surface area is 183 Å². The van der Waals surface area contributed by atoms with E-state index in [0.29, 0.717) is 24.4 Å². The fourth-order valence-electron chi connectivity index (χ4n) is 4.10. The minimum atomic E-state index is -3.55. The number of nitrogens with zero attached hydrogens (tertiary/aromatic N) is 2. The summed E-state index contributed by atoms with van der Waals surface area (Å²) in [5.41, 5.74) is 8.30. The van der Waals surface area contributed by atoms with E-state index in [-0.39, 0.29) is 31.1 Å². The van der Waals surface area contributed by atoms with Crippen molar-refractivity contribution in [3.05, 3.63) is 59.7 Å². The molecule has 4 rings (SSSR count). The largest absolute Gasteiger partial charge is 0.496 e. The molecule has 0 radical (unpaired) electrons. The average molecular weight is 445 g/mol. The summed E-state index contributed by atoms with van der Waals surface area (Å²) in [7, 11) is -1.91. The van der Waals surface area contributed by atoms with Gasteiger partial charge < -0.3 is 9.64 Å². The number of piperazine rings is 1. The number of benzene rings is 2. The van der Waals surface area contributed by atoms with Crippen LogP contribution in [-0.4, -0.2) is 62.9 Å². The van der Waals surface area contributed by atoms with E-state index in [2.05, 4.69) is 10.9 Å². The second kappa shape index (κ2) is 8.96. The summed E-state index contributed by atoms with van der Waals surface area (Å²) in [5.74, 6) is 0.766. The van der Waals surface area contributed by atoms with Crippen molar-refractivity contribution < 1.29 is 17.9 Å². The zero-order chi connectivity index (χ0) is 22.0. The molecule has 0 spiro atoms. The number of carbonyl (C=O) groups is 1. The molecule has 2 aromatic rings. The lowest BCUT2D eigenvalue weighted by atomic mass is 10.0. The number of hydrogen-bond donors (Lipinski definition) is 2. The van der Waals surface area contributed by atoms with Crippen LogP contribution < -0.4 is 15.6 Å². The van der Waals surface area contributed by atoms with Crippen molar-refractivity contribution in [1.29, 1.82) is 0 Å². The maximum Gasteiger partial charge on any atom is 0.243 e. The quantitative estimate of drug-likeness (QED) is 0.725. The summed E-state index contributed by atoms with van der Waals surface area (Å²) >= 11 is 0. The Morgan fingerprint density at radius 1 is 1.00 bits per heavy atom. The molecular formula is C22H28N4O4S. The van der Waals surface area contributed by atoms with Crippen LogP contribution in [0.15, 0.2) is 53.4 Å². The number of ether oxygens (including phenoxy) is 1. The molecule has 2 N–H and O–H groups in total. The second-order valence-corrected chi connectivity index (χ2v) is 9.85. The molecule has 31 heavy (non-hydrogen) atoms. The highest BCUT2D eigenvalue weighted by atomic mass is 32.2. The fourth-order valence-corrected chi connectivity index (χ4v) is 5.53. The van der Waals surface area contributed by atoms with E-state index in [1.807, 2.05) is 31.2 Å². The van der Waals surface area contributed by atoms with E-state index in [1.54, 1.807) is 36.3 Å². The maximum atomic E-state index is 13.0. The molecule has 0 saturated carbocycles. The van der Waals surface area contributed by atoms with Gasteiger partial charge in [-0.2, -0.15) is 4.31 Å². The molecule has 2 aromatic carbocycles. The molecule has 2 unspecified atom stereocenters. The summed E-state index contributed by atoms with van der Waals surface area (Å²) in [6.45, 7) is 3.25. The molecule has 1 amide bonds. The Bertz CT molecular complexity index is 1030. The molecule has 8 nitrogen and oxygen atoms in total. The van der Waals surface area contributed by atoms with Gasteiger partial charge in [-0.25, -0.2) is 19.3 Å². The van der Waals surface area contributed by atoms with Gasteiger partial charge in [-0.1, -0.05) is 35.9 Å². The number of carbonyl (C=O) groups excluding carboxylic acids is 1. The van der Waals surface area contributed by atoms with E-state index in [1.165, 1.54) is 4.31 Å². The highest BCUT2D eigenvalue weighted by Gasteiger charge is 2.36. The average Bonchev–Trinajstić information content (AvgIpc) is 3.29. The summed E-state index contributed by atoms with van der Waals surface area (Å²) in [5, 5.41) is 0. The second-order valence-electron chi connectivity index (χ2n) is 7.91. The van der Waals surface area contributed by atoms with Crippen LogP contribution in [0, 0.1) is 6.92 Å². The van der Waals surface area contributed by atoms with Gasteiger partial charge in [0, 0.05) is 31.7 Å². The first-order chi connectivity index (χ1) is 14.9. The zero-order valence-corrected chi connectivity index (χ0v) is 18.6. The number of rotatable bonds is 5. The number of nitrogens with one attached hydrogen (secondary N) is 2. The minimum Gasteiger partial charge on any atom is -0.496 e. The summed E-state index contributed by atoms with van der Waals surface area (Å²) in [4.78, 5) is 15.1. The number of hydrogen-bond acceptors (Lipinski definition) is 6. The molecule has 2 fully saturated rings. The predicted molar refractivity (Wildman–Crippen MR) is 117 cm³/mol. The maximum absolute atomic E-state index is 13.0. The van der Waals surface area contributed by atoms with Crippen LogP contribution in [0.2, 0.25) is 0 Å². The van der Waals surface area contributed by atoms with Crippen LogP contribution in [0.3, 0.4) is 0 Å². The minimum absolute atomic E-state index is 0.0164. The van der Waals surface area contributed by atoms with Crippen molar-refractivity contribution in [2.75, 3.05) is 33.3 Å². The number of para-hydroxylation sites is 1. The van der Waals surface area contributed by atoms with Gasteiger partial charge in [0.05, 0.1) is 18.0 Å². The van der Waals surface area contributed by atoms with Gasteiger partial charge in [0.15, 0.2) is 0 Å². The Morgan fingerprint density at radius 3 is 2.35 bits per heavy atom. The van der Waals surface area contributed by atoms with Crippen LogP contribution in [-0.2, 0) is 14.8 Å². The van der Waals surface area contributed by atoms with E-state index in [0.717, 1.165) is 16.9 Å². The lowest BCUT2D eigenvalue weighted by Gasteiger charge is -2.35. The molecule has 2 aliphatic rings. The van der Waals surface area contributed by atoms with Gasteiger partial charge in [0.1, 0.15) is 11.8 Å². The molecule has 2 saturated heterocycles. The first-order valence-electron chi connectivity index (χ1n) is 10.4. The Morgan fingerprint density at radius 2 is 1.68 bits per heavy atom. The summed E-state index contributed by atoms with van der Waals surface area (Å²) < 4.78 is 32.6. The smallest absolute Gasteiger partial charge is 0.243 e. The van der Waals surface area contributed by atoms with Gasteiger partial charge >= 0.3 is 0 Å². The first-order valence-corrected chi connectivity index (χ1v) is 11.8. The zero-order valence-electron chi connectivity index (χ0n) is 17.7. The van der Waals surface area contributed by atoms with E-state index < -0.39 is 10.0 Å². The standard InChI is InChI=1S/C22H28N4O4S/c1-16-7-9-17(10-8-16)31(28,29)26-13-11-25(12-14-26)22(27)20-15-19(23-24-20)18-5-3-4-6-21(18)30-2/h3-10,19-20,23-24H,11-15H2,1-2H3. The Kier molecular flexibility index (Phi) is 6.29. The highest BCUT2D eigenvalue weighted by Crippen LogP contribution is 2.30. The molecular weight excluding hydrogens is 416 g/mol. The predicted octanol–water partition coefficient (Wildman–Crippen LogP) is 1.44. The van der Waals surface area contributed by atoms with Gasteiger partial charge in [-0.05, 0) is 31.5 Å². The molecule has 0 aromatic heterocycles. The monoisotopic (exact) mass is 444 g/mol. The lowest BCUT2D eigenvalue weighted by Crippen LogP contribution is -2.54. The molecule has 2 heterocycles. The van der Waals surface area contributed by atoms with Crippen LogP contribution in [0.5, 0.6) is 5.75 Å². The van der Waals surface area contributed by atoms with Crippen LogP contribution in [0.4, 0.5) is 0 Å². The number of aryl methyl sites for hydroxylation is 1.